The summed E-state index contributed by atoms with van der Waals surface area (Å²) in [5.74, 6) is -0.330. The van der Waals surface area contributed by atoms with Gasteiger partial charge in [0.1, 0.15) is 0 Å². The van der Waals surface area contributed by atoms with Gasteiger partial charge in [0.05, 0.1) is 5.75 Å². The highest BCUT2D eigenvalue weighted by molar-refractivity contribution is 7.94. The number of rotatable bonds is 3. The minimum atomic E-state index is -3.08. The molecule has 0 aliphatic carbocycles. The maximum atomic E-state index is 11.8. The number of nitrogens with one attached hydrogen (secondary N) is 1. The molecule has 0 saturated carbocycles. The van der Waals surface area contributed by atoms with E-state index in [9.17, 15) is 13.2 Å². The zero-order chi connectivity index (χ0) is 13.2. The number of sulfone groups is 1. The Kier molecular flexibility index (Phi) is 3.52. The zero-order valence-corrected chi connectivity index (χ0v) is 10.9. The van der Waals surface area contributed by atoms with Crippen molar-refractivity contribution in [3.63, 3.8) is 0 Å². The van der Waals surface area contributed by atoms with Crippen LogP contribution in [0.25, 0.3) is 0 Å². The first-order valence-corrected chi connectivity index (χ1v) is 7.44. The third kappa shape index (κ3) is 3.20. The number of allylic oxidation sites excluding steroid dienone is 1. The van der Waals surface area contributed by atoms with Gasteiger partial charge in [-0.15, -0.1) is 0 Å². The summed E-state index contributed by atoms with van der Waals surface area (Å²) in [4.78, 5) is 11.8. The highest BCUT2D eigenvalue weighted by Gasteiger charge is 2.23. The lowest BCUT2D eigenvalue weighted by Crippen LogP contribution is -2.18. The number of carbonyl (C=O) groups is 1. The summed E-state index contributed by atoms with van der Waals surface area (Å²) in [5.41, 5.74) is 1.76. The second-order valence-corrected chi connectivity index (χ2v) is 6.42. The maximum Gasteiger partial charge on any atom is 0.225 e. The van der Waals surface area contributed by atoms with Crippen LogP contribution in [0.5, 0.6) is 0 Å². The van der Waals surface area contributed by atoms with Crippen LogP contribution in [-0.4, -0.2) is 20.1 Å². The van der Waals surface area contributed by atoms with E-state index in [-0.39, 0.29) is 24.0 Å². The van der Waals surface area contributed by atoms with Gasteiger partial charge in [0.2, 0.25) is 5.91 Å². The Hall–Kier alpha value is -1.62. The molecule has 1 atom stereocenters. The van der Waals surface area contributed by atoms with E-state index < -0.39 is 9.84 Å². The summed E-state index contributed by atoms with van der Waals surface area (Å²) < 4.78 is 22.4. The molecule has 1 aromatic carbocycles. The molecule has 0 bridgehead atoms. The number of benzene rings is 1. The predicted octanol–water partition coefficient (Wildman–Crippen LogP) is 1.88. The normalized spacial score (nSPS) is 20.8. The quantitative estimate of drug-likeness (QED) is 0.907. The maximum absolute atomic E-state index is 11.8. The van der Waals surface area contributed by atoms with Crippen LogP contribution in [0.15, 0.2) is 35.7 Å². The Morgan fingerprint density at radius 3 is 2.72 bits per heavy atom. The molecule has 1 amide bonds. The fourth-order valence-corrected chi connectivity index (χ4v) is 3.32. The summed E-state index contributed by atoms with van der Waals surface area (Å²) >= 11 is 0. The van der Waals surface area contributed by atoms with Crippen molar-refractivity contribution >= 4 is 21.4 Å². The average molecular weight is 265 g/mol. The number of hydrogen-bond donors (Lipinski definition) is 1. The lowest BCUT2D eigenvalue weighted by molar-refractivity contribution is -0.116. The van der Waals surface area contributed by atoms with E-state index in [2.05, 4.69) is 5.32 Å². The van der Waals surface area contributed by atoms with Gasteiger partial charge in [0, 0.05) is 23.4 Å². The van der Waals surface area contributed by atoms with Crippen LogP contribution in [0.3, 0.4) is 0 Å². The predicted molar refractivity (Wildman–Crippen MR) is 70.8 cm³/mol. The molecule has 96 valence electrons. The Morgan fingerprint density at radius 2 is 2.11 bits per heavy atom. The topological polar surface area (TPSA) is 63.2 Å². The molecule has 1 unspecified atom stereocenters. The zero-order valence-electron chi connectivity index (χ0n) is 10.1. The molecule has 18 heavy (non-hydrogen) atoms. The monoisotopic (exact) mass is 265 g/mol. The van der Waals surface area contributed by atoms with Gasteiger partial charge in [0.25, 0.3) is 0 Å². The van der Waals surface area contributed by atoms with E-state index in [4.69, 9.17) is 0 Å². The summed E-state index contributed by atoms with van der Waals surface area (Å²) in [7, 11) is -3.08. The fraction of sp³-hybridized carbons (Fsp3) is 0.308. The molecule has 0 spiro atoms. The van der Waals surface area contributed by atoms with Gasteiger partial charge in [-0.25, -0.2) is 8.42 Å². The molecule has 0 fully saturated rings. The number of aryl methyl sites for hydroxylation is 1. The Bertz CT molecular complexity index is 590. The van der Waals surface area contributed by atoms with Gasteiger partial charge in [-0.1, -0.05) is 24.3 Å². The van der Waals surface area contributed by atoms with Crippen molar-refractivity contribution in [3.05, 3.63) is 41.3 Å². The molecule has 1 N–H and O–H groups in total. The Balaban J connectivity index is 1.95. The smallest absolute Gasteiger partial charge is 0.225 e. The van der Waals surface area contributed by atoms with E-state index in [1.165, 1.54) is 5.41 Å². The van der Waals surface area contributed by atoms with Gasteiger partial charge in [-0.3, -0.25) is 4.79 Å². The van der Waals surface area contributed by atoms with Crippen LogP contribution in [0, 0.1) is 12.8 Å². The third-order valence-corrected chi connectivity index (χ3v) is 4.34. The van der Waals surface area contributed by atoms with Gasteiger partial charge in [0.15, 0.2) is 9.84 Å². The molecule has 1 heterocycles. The van der Waals surface area contributed by atoms with Crippen LogP contribution in [0.2, 0.25) is 0 Å². The molecule has 1 aliphatic rings. The second kappa shape index (κ2) is 4.94. The largest absolute Gasteiger partial charge is 0.326 e. The van der Waals surface area contributed by atoms with Crippen LogP contribution in [0.1, 0.15) is 12.0 Å². The van der Waals surface area contributed by atoms with Crippen LogP contribution in [0.4, 0.5) is 5.69 Å². The van der Waals surface area contributed by atoms with Crippen LogP contribution >= 0.6 is 0 Å². The molecular weight excluding hydrogens is 250 g/mol. The van der Waals surface area contributed by atoms with Crippen molar-refractivity contribution in [1.29, 1.82) is 0 Å². The highest BCUT2D eigenvalue weighted by atomic mass is 32.2. The van der Waals surface area contributed by atoms with Crippen molar-refractivity contribution in [2.45, 2.75) is 13.3 Å². The van der Waals surface area contributed by atoms with E-state index in [1.807, 2.05) is 31.2 Å². The van der Waals surface area contributed by atoms with Gasteiger partial charge in [-0.2, -0.15) is 0 Å². The molecular formula is C13H15NO3S. The molecule has 2 rings (SSSR count). The minimum Gasteiger partial charge on any atom is -0.326 e. The number of carbonyl (C=O) groups excluding carboxylic acids is 1. The number of hydrogen-bond acceptors (Lipinski definition) is 3. The Morgan fingerprint density at radius 1 is 1.39 bits per heavy atom. The molecule has 1 aliphatic heterocycles. The average Bonchev–Trinajstić information content (AvgIpc) is 2.61. The van der Waals surface area contributed by atoms with Crippen molar-refractivity contribution in [1.82, 2.24) is 0 Å². The highest BCUT2D eigenvalue weighted by Crippen LogP contribution is 2.20. The SMILES string of the molecule is Cc1ccccc1NC(=O)CC1C=CS(=O)(=O)C1. The lowest BCUT2D eigenvalue weighted by Gasteiger charge is -2.10. The molecule has 4 nitrogen and oxygen atoms in total. The van der Waals surface area contributed by atoms with Gasteiger partial charge in [-0.05, 0) is 18.6 Å². The molecule has 0 radical (unpaired) electrons. The first-order chi connectivity index (χ1) is 8.46. The summed E-state index contributed by atoms with van der Waals surface area (Å²) in [6.07, 6.45) is 1.79. The number of para-hydroxylation sites is 1. The molecule has 0 aromatic heterocycles. The van der Waals surface area contributed by atoms with Crippen LogP contribution in [-0.2, 0) is 14.6 Å². The van der Waals surface area contributed by atoms with Crippen LogP contribution < -0.4 is 5.32 Å². The summed E-state index contributed by atoms with van der Waals surface area (Å²) in [5, 5.41) is 3.99. The standard InChI is InChI=1S/C13H15NO3S/c1-10-4-2-3-5-12(10)14-13(15)8-11-6-7-18(16,17)9-11/h2-7,11H,8-9H2,1H3,(H,14,15). The van der Waals surface area contributed by atoms with E-state index >= 15 is 0 Å². The van der Waals surface area contributed by atoms with Gasteiger partial charge < -0.3 is 5.32 Å². The van der Waals surface area contributed by atoms with E-state index in [1.54, 1.807) is 6.08 Å². The van der Waals surface area contributed by atoms with Crippen molar-refractivity contribution < 1.29 is 13.2 Å². The van der Waals surface area contributed by atoms with Crippen molar-refractivity contribution in [2.75, 3.05) is 11.1 Å². The van der Waals surface area contributed by atoms with Crippen molar-refractivity contribution in [2.24, 2.45) is 5.92 Å². The fourth-order valence-electron chi connectivity index (χ4n) is 1.92. The molecule has 5 heteroatoms. The van der Waals surface area contributed by atoms with Crippen molar-refractivity contribution in [3.8, 4) is 0 Å². The number of anilines is 1. The third-order valence-electron chi connectivity index (χ3n) is 2.87. The minimum absolute atomic E-state index is 0.0359. The second-order valence-electron chi connectivity index (χ2n) is 4.49. The van der Waals surface area contributed by atoms with E-state index in [0.717, 1.165) is 11.3 Å². The Labute approximate surface area is 107 Å². The van der Waals surface area contributed by atoms with Gasteiger partial charge >= 0.3 is 0 Å². The first kappa shape index (κ1) is 12.8. The van der Waals surface area contributed by atoms with E-state index in [0.29, 0.717) is 0 Å². The number of amides is 1. The molecule has 1 aromatic rings. The molecule has 0 saturated heterocycles. The summed E-state index contributed by atoms with van der Waals surface area (Å²) in [6.45, 7) is 1.91. The first-order valence-electron chi connectivity index (χ1n) is 5.73. The lowest BCUT2D eigenvalue weighted by atomic mass is 10.1. The summed E-state index contributed by atoms with van der Waals surface area (Å²) in [6, 6.07) is 7.49.